The van der Waals surface area contributed by atoms with Crippen LogP contribution in [0.1, 0.15) is 49.8 Å². The van der Waals surface area contributed by atoms with Crippen molar-refractivity contribution in [2.75, 3.05) is 6.54 Å². The van der Waals surface area contributed by atoms with Gasteiger partial charge in [0.2, 0.25) is 0 Å². The molecule has 2 rings (SSSR count). The fraction of sp³-hybridized carbons (Fsp3) is 0.526. The molecule has 0 radical (unpaired) electrons. The Balaban J connectivity index is 0.00000338. The first-order valence-electron chi connectivity index (χ1n) is 9.11. The molecule has 0 amide bonds. The largest absolute Gasteiger partial charge is 0.356 e. The molecule has 26 heavy (non-hydrogen) atoms. The molecule has 0 aliphatic carbocycles. The number of hydrogen-bond donors (Lipinski definition) is 2. The third-order valence-corrected chi connectivity index (χ3v) is 4.18. The fourth-order valence-electron chi connectivity index (χ4n) is 2.45. The van der Waals surface area contributed by atoms with Crippen LogP contribution in [-0.2, 0) is 20.1 Å². The molecule has 0 aliphatic heterocycles. The van der Waals surface area contributed by atoms with Crippen molar-refractivity contribution in [3.63, 3.8) is 0 Å². The lowest BCUT2D eigenvalue weighted by Gasteiger charge is -2.12. The summed E-state index contributed by atoms with van der Waals surface area (Å²) in [6, 6.07) is 10.3. The van der Waals surface area contributed by atoms with E-state index in [1.165, 1.54) is 24.8 Å². The van der Waals surface area contributed by atoms with E-state index in [1.807, 2.05) is 36.7 Å². The first kappa shape index (κ1) is 22.4. The topological polar surface area (TPSA) is 67.1 Å². The summed E-state index contributed by atoms with van der Waals surface area (Å²) in [6.07, 6.45) is 4.93. The minimum absolute atomic E-state index is 0. The lowest BCUT2D eigenvalue weighted by Crippen LogP contribution is -2.38. The van der Waals surface area contributed by atoms with E-state index >= 15 is 0 Å². The molecule has 0 saturated heterocycles. The van der Waals surface area contributed by atoms with E-state index in [1.54, 1.807) is 0 Å². The van der Waals surface area contributed by atoms with Crippen molar-refractivity contribution < 1.29 is 0 Å². The summed E-state index contributed by atoms with van der Waals surface area (Å²) < 4.78 is 1.99. The predicted molar refractivity (Wildman–Crippen MR) is 118 cm³/mol. The lowest BCUT2D eigenvalue weighted by atomic mass is 10.2. The van der Waals surface area contributed by atoms with Crippen molar-refractivity contribution in [1.29, 1.82) is 0 Å². The molecule has 0 atom stereocenters. The summed E-state index contributed by atoms with van der Waals surface area (Å²) >= 11 is 0. The number of aromatic nitrogens is 3. The number of unbranched alkanes of at least 4 members (excludes halogenated alkanes) is 3. The zero-order valence-electron chi connectivity index (χ0n) is 16.0. The second-order valence-corrected chi connectivity index (χ2v) is 6.21. The molecule has 0 bridgehead atoms. The van der Waals surface area contributed by atoms with E-state index in [2.05, 4.69) is 39.9 Å². The molecule has 6 nitrogen and oxygen atoms in total. The van der Waals surface area contributed by atoms with Crippen molar-refractivity contribution in [3.8, 4) is 0 Å². The molecule has 0 unspecified atom stereocenters. The van der Waals surface area contributed by atoms with Gasteiger partial charge in [-0.15, -0.1) is 34.2 Å². The number of aryl methyl sites for hydroxylation is 1. The highest BCUT2D eigenvalue weighted by Gasteiger charge is 2.06. The molecule has 0 saturated carbocycles. The van der Waals surface area contributed by atoms with Crippen LogP contribution in [0.25, 0.3) is 0 Å². The van der Waals surface area contributed by atoms with E-state index < -0.39 is 0 Å². The van der Waals surface area contributed by atoms with Gasteiger partial charge in [-0.2, -0.15) is 0 Å². The van der Waals surface area contributed by atoms with Gasteiger partial charge in [-0.1, -0.05) is 56.5 Å². The molecular formula is C19H31IN6. The van der Waals surface area contributed by atoms with E-state index in [-0.39, 0.29) is 24.0 Å². The molecule has 0 aliphatic rings. The number of benzene rings is 1. The number of guanidine groups is 1. The lowest BCUT2D eigenvalue weighted by molar-refractivity contribution is 0.642. The standard InChI is InChI=1S/C19H30N6.HI/c1-4-5-6-10-13-20-19(21-14-17-11-8-7-9-12-17)22-15-18-24-23-16(2)25(18)3;/h7-9,11-12H,4-6,10,13-15H2,1-3H3,(H2,20,21,22);1H. The van der Waals surface area contributed by atoms with Crippen LogP contribution in [0.5, 0.6) is 0 Å². The summed E-state index contributed by atoms with van der Waals surface area (Å²) in [5.41, 5.74) is 1.20. The normalized spacial score (nSPS) is 11.1. The predicted octanol–water partition coefficient (Wildman–Crippen LogP) is 3.56. The molecule has 1 aromatic heterocycles. The Kier molecular flexibility index (Phi) is 10.9. The van der Waals surface area contributed by atoms with Crippen LogP contribution in [0, 0.1) is 6.92 Å². The van der Waals surface area contributed by atoms with Gasteiger partial charge in [0.1, 0.15) is 5.82 Å². The quantitative estimate of drug-likeness (QED) is 0.255. The van der Waals surface area contributed by atoms with Gasteiger partial charge in [0.15, 0.2) is 11.8 Å². The molecule has 1 heterocycles. The highest BCUT2D eigenvalue weighted by atomic mass is 127. The van der Waals surface area contributed by atoms with Gasteiger partial charge in [0.05, 0.1) is 13.1 Å². The van der Waals surface area contributed by atoms with Crippen molar-refractivity contribution in [1.82, 2.24) is 25.4 Å². The summed E-state index contributed by atoms with van der Waals surface area (Å²) in [4.78, 5) is 4.70. The van der Waals surface area contributed by atoms with Crippen LogP contribution < -0.4 is 10.6 Å². The van der Waals surface area contributed by atoms with Gasteiger partial charge in [-0.3, -0.25) is 0 Å². The van der Waals surface area contributed by atoms with Gasteiger partial charge in [0.25, 0.3) is 0 Å². The molecule has 2 N–H and O–H groups in total. The minimum Gasteiger partial charge on any atom is -0.356 e. The molecule has 0 spiro atoms. The Labute approximate surface area is 173 Å². The van der Waals surface area contributed by atoms with E-state index in [0.717, 1.165) is 30.6 Å². The Hall–Kier alpha value is -1.64. The Morgan fingerprint density at radius 3 is 2.50 bits per heavy atom. The van der Waals surface area contributed by atoms with Crippen LogP contribution in [0.4, 0.5) is 0 Å². The van der Waals surface area contributed by atoms with Gasteiger partial charge in [-0.25, -0.2) is 4.99 Å². The molecule has 0 fully saturated rings. The number of halogens is 1. The third-order valence-electron chi connectivity index (χ3n) is 4.18. The average Bonchev–Trinajstić information content (AvgIpc) is 2.96. The summed E-state index contributed by atoms with van der Waals surface area (Å²) in [5.74, 6) is 2.63. The van der Waals surface area contributed by atoms with Crippen molar-refractivity contribution in [2.45, 2.75) is 52.6 Å². The second kappa shape index (κ2) is 12.7. The van der Waals surface area contributed by atoms with Crippen LogP contribution in [0.2, 0.25) is 0 Å². The van der Waals surface area contributed by atoms with E-state index in [9.17, 15) is 0 Å². The Bertz CT molecular complexity index is 653. The number of nitrogens with zero attached hydrogens (tertiary/aromatic N) is 4. The van der Waals surface area contributed by atoms with Crippen molar-refractivity contribution in [2.24, 2.45) is 12.0 Å². The second-order valence-electron chi connectivity index (χ2n) is 6.21. The molecule has 2 aromatic rings. The number of aliphatic imine (C=N–C) groups is 1. The number of rotatable bonds is 9. The molecule has 1 aromatic carbocycles. The van der Waals surface area contributed by atoms with Gasteiger partial charge < -0.3 is 15.2 Å². The minimum atomic E-state index is 0. The van der Waals surface area contributed by atoms with Crippen LogP contribution in [-0.4, -0.2) is 27.3 Å². The van der Waals surface area contributed by atoms with Gasteiger partial charge in [-0.05, 0) is 18.9 Å². The van der Waals surface area contributed by atoms with Crippen LogP contribution in [0.3, 0.4) is 0 Å². The van der Waals surface area contributed by atoms with Crippen LogP contribution in [0.15, 0.2) is 35.3 Å². The monoisotopic (exact) mass is 470 g/mol. The molecular weight excluding hydrogens is 439 g/mol. The van der Waals surface area contributed by atoms with Crippen molar-refractivity contribution >= 4 is 29.9 Å². The maximum atomic E-state index is 4.70. The zero-order valence-corrected chi connectivity index (χ0v) is 18.4. The van der Waals surface area contributed by atoms with Gasteiger partial charge >= 0.3 is 0 Å². The van der Waals surface area contributed by atoms with E-state index in [0.29, 0.717) is 13.1 Å². The maximum Gasteiger partial charge on any atom is 0.191 e. The van der Waals surface area contributed by atoms with Gasteiger partial charge in [0, 0.05) is 13.6 Å². The SMILES string of the molecule is CCCCCCNC(=NCc1ccccc1)NCc1nnc(C)n1C.I. The van der Waals surface area contributed by atoms with E-state index in [4.69, 9.17) is 4.99 Å². The Morgan fingerprint density at radius 1 is 1.08 bits per heavy atom. The number of nitrogens with one attached hydrogen (secondary N) is 2. The summed E-state index contributed by atoms with van der Waals surface area (Å²) in [7, 11) is 1.98. The van der Waals surface area contributed by atoms with Crippen LogP contribution >= 0.6 is 24.0 Å². The number of hydrogen-bond acceptors (Lipinski definition) is 3. The smallest absolute Gasteiger partial charge is 0.191 e. The maximum absolute atomic E-state index is 4.70. The summed E-state index contributed by atoms with van der Waals surface area (Å²) in [6.45, 7) is 6.37. The third kappa shape index (κ3) is 7.72. The first-order chi connectivity index (χ1) is 12.2. The zero-order chi connectivity index (χ0) is 17.9. The molecule has 7 heteroatoms. The average molecular weight is 470 g/mol. The highest BCUT2D eigenvalue weighted by Crippen LogP contribution is 2.01. The fourth-order valence-corrected chi connectivity index (χ4v) is 2.45. The summed E-state index contributed by atoms with van der Waals surface area (Å²) in [5, 5.41) is 15.1. The van der Waals surface area contributed by atoms with Crippen molar-refractivity contribution in [3.05, 3.63) is 47.5 Å². The highest BCUT2D eigenvalue weighted by molar-refractivity contribution is 14.0. The Morgan fingerprint density at radius 2 is 1.85 bits per heavy atom. The first-order valence-corrected chi connectivity index (χ1v) is 9.11. The molecule has 144 valence electrons.